The maximum absolute atomic E-state index is 13.5. The predicted octanol–water partition coefficient (Wildman–Crippen LogP) is 5.03. The number of halogens is 2. The molecule has 5 rings (SSSR count). The van der Waals surface area contributed by atoms with Crippen molar-refractivity contribution in [1.82, 2.24) is 15.2 Å². The van der Waals surface area contributed by atoms with Crippen molar-refractivity contribution in [2.75, 3.05) is 11.9 Å². The lowest BCUT2D eigenvalue weighted by molar-refractivity contribution is -0.126. The summed E-state index contributed by atoms with van der Waals surface area (Å²) in [6, 6.07) is 21.9. The molecule has 208 valence electrons. The first-order valence-electron chi connectivity index (χ1n) is 12.9. The molecule has 1 saturated heterocycles. The summed E-state index contributed by atoms with van der Waals surface area (Å²) in [6.07, 6.45) is 0.559. The predicted molar refractivity (Wildman–Crippen MR) is 147 cm³/mol. The van der Waals surface area contributed by atoms with Gasteiger partial charge in [-0.1, -0.05) is 30.3 Å². The van der Waals surface area contributed by atoms with Crippen LogP contribution in [0, 0.1) is 11.6 Å². The molecule has 1 aliphatic rings. The van der Waals surface area contributed by atoms with Crippen molar-refractivity contribution >= 4 is 23.6 Å². The Morgan fingerprint density at radius 2 is 1.56 bits per heavy atom. The van der Waals surface area contributed by atoms with E-state index in [1.54, 1.807) is 48.7 Å². The number of aromatic nitrogens is 1. The number of cyclic esters (lactones) is 1. The molecule has 0 saturated carbocycles. The zero-order valence-corrected chi connectivity index (χ0v) is 21.8. The normalized spacial score (nSPS) is 16.2. The molecule has 3 amide bonds. The van der Waals surface area contributed by atoms with Crippen LogP contribution in [0.15, 0.2) is 97.2 Å². The number of carbonyl (C=O) groups excluding carboxylic acids is 3. The van der Waals surface area contributed by atoms with E-state index >= 15 is 0 Å². The van der Waals surface area contributed by atoms with Crippen molar-refractivity contribution in [3.63, 3.8) is 0 Å². The Kier molecular flexibility index (Phi) is 8.28. The smallest absolute Gasteiger partial charge is 0.411 e. The van der Waals surface area contributed by atoms with Gasteiger partial charge in [0.2, 0.25) is 5.91 Å². The molecule has 3 aromatic carbocycles. The fourth-order valence-corrected chi connectivity index (χ4v) is 4.52. The molecule has 0 radical (unpaired) electrons. The molecule has 0 aliphatic carbocycles. The number of pyridine rings is 1. The Labute approximate surface area is 235 Å². The summed E-state index contributed by atoms with van der Waals surface area (Å²) < 4.78 is 32.3. The second-order valence-corrected chi connectivity index (χ2v) is 9.45. The summed E-state index contributed by atoms with van der Waals surface area (Å²) in [5, 5.41) is 5.61. The number of hydrogen-bond donors (Lipinski definition) is 2. The highest BCUT2D eigenvalue weighted by molar-refractivity contribution is 6.04. The SMILES string of the molecule is O=C(Nc1ccc([C@@H]2OC(=O)N(Cc3ccc(F)cc3)[C@@H]2C(=O)NCCc2ccccn2)cc1)c1ccc(F)cc1. The van der Waals surface area contributed by atoms with Crippen LogP contribution >= 0.6 is 0 Å². The van der Waals surface area contributed by atoms with Gasteiger partial charge in [0.15, 0.2) is 12.1 Å². The van der Waals surface area contributed by atoms with Gasteiger partial charge in [0.05, 0.1) is 6.54 Å². The van der Waals surface area contributed by atoms with Crippen LogP contribution in [-0.4, -0.2) is 40.4 Å². The van der Waals surface area contributed by atoms with Gasteiger partial charge in [-0.15, -0.1) is 0 Å². The average Bonchev–Trinajstić information content (AvgIpc) is 3.31. The van der Waals surface area contributed by atoms with E-state index in [1.165, 1.54) is 41.3 Å². The van der Waals surface area contributed by atoms with Crippen LogP contribution in [0.4, 0.5) is 19.3 Å². The number of hydrogen-bond acceptors (Lipinski definition) is 5. The Morgan fingerprint density at radius 3 is 2.22 bits per heavy atom. The monoisotopic (exact) mass is 556 g/mol. The highest BCUT2D eigenvalue weighted by atomic mass is 19.1. The summed E-state index contributed by atoms with van der Waals surface area (Å²) in [5.74, 6) is -1.68. The Hall–Kier alpha value is -5.12. The molecule has 41 heavy (non-hydrogen) atoms. The topological polar surface area (TPSA) is 101 Å². The minimum Gasteiger partial charge on any atom is -0.438 e. The second kappa shape index (κ2) is 12.4. The molecule has 4 aromatic rings. The van der Waals surface area contributed by atoms with E-state index in [0.29, 0.717) is 35.3 Å². The van der Waals surface area contributed by atoms with Crippen LogP contribution in [0.3, 0.4) is 0 Å². The fraction of sp³-hybridized carbons (Fsp3) is 0.161. The van der Waals surface area contributed by atoms with Gasteiger partial charge >= 0.3 is 6.09 Å². The van der Waals surface area contributed by atoms with Crippen molar-refractivity contribution < 1.29 is 27.9 Å². The molecule has 1 aliphatic heterocycles. The Bertz CT molecular complexity index is 1520. The lowest BCUT2D eigenvalue weighted by Crippen LogP contribution is -2.46. The van der Waals surface area contributed by atoms with E-state index < -0.39 is 41.7 Å². The molecule has 1 fully saturated rings. The zero-order valence-electron chi connectivity index (χ0n) is 21.8. The standard InChI is InChI=1S/C31H26F2N4O4/c32-23-10-4-20(5-11-23)19-37-27(30(39)35-18-16-25-3-1-2-17-34-25)28(41-31(37)40)21-8-14-26(15-9-21)36-29(38)22-6-12-24(33)13-7-22/h1-15,17,27-28H,16,18-19H2,(H,35,39)(H,36,38)/t27-,28-/m0/s1. The van der Waals surface area contributed by atoms with Gasteiger partial charge in [-0.3, -0.25) is 19.5 Å². The third kappa shape index (κ3) is 6.73. The van der Waals surface area contributed by atoms with E-state index in [-0.39, 0.29) is 6.54 Å². The first kappa shape index (κ1) is 27.4. The summed E-state index contributed by atoms with van der Waals surface area (Å²) >= 11 is 0. The minimum atomic E-state index is -1.00. The van der Waals surface area contributed by atoms with E-state index in [4.69, 9.17) is 4.74 Å². The van der Waals surface area contributed by atoms with Gasteiger partial charge in [-0.05, 0) is 71.8 Å². The van der Waals surface area contributed by atoms with E-state index in [2.05, 4.69) is 15.6 Å². The van der Waals surface area contributed by atoms with E-state index in [1.807, 2.05) is 12.1 Å². The lowest BCUT2D eigenvalue weighted by atomic mass is 10.00. The summed E-state index contributed by atoms with van der Waals surface area (Å²) in [6.45, 7) is 0.339. The number of ether oxygens (including phenoxy) is 1. The highest BCUT2D eigenvalue weighted by Gasteiger charge is 2.46. The molecule has 0 spiro atoms. The zero-order chi connectivity index (χ0) is 28.8. The molecule has 0 bridgehead atoms. The van der Waals surface area contributed by atoms with Gasteiger partial charge in [-0.25, -0.2) is 13.6 Å². The molecule has 1 aromatic heterocycles. The molecule has 8 nitrogen and oxygen atoms in total. The van der Waals surface area contributed by atoms with Crippen LogP contribution in [0.2, 0.25) is 0 Å². The third-order valence-corrected chi connectivity index (χ3v) is 6.63. The first-order valence-corrected chi connectivity index (χ1v) is 12.9. The number of anilines is 1. The second-order valence-electron chi connectivity index (χ2n) is 9.45. The van der Waals surface area contributed by atoms with Crippen LogP contribution in [0.5, 0.6) is 0 Å². The molecule has 2 atom stereocenters. The highest BCUT2D eigenvalue weighted by Crippen LogP contribution is 2.34. The molecule has 10 heteroatoms. The van der Waals surface area contributed by atoms with Crippen molar-refractivity contribution in [1.29, 1.82) is 0 Å². The number of amides is 3. The summed E-state index contributed by atoms with van der Waals surface area (Å²) in [4.78, 5) is 44.5. The van der Waals surface area contributed by atoms with Crippen LogP contribution < -0.4 is 10.6 Å². The molecule has 2 N–H and O–H groups in total. The van der Waals surface area contributed by atoms with E-state index in [0.717, 1.165) is 5.69 Å². The third-order valence-electron chi connectivity index (χ3n) is 6.63. The lowest BCUT2D eigenvalue weighted by Gasteiger charge is -2.24. The van der Waals surface area contributed by atoms with Gasteiger partial charge in [0.25, 0.3) is 5.91 Å². The van der Waals surface area contributed by atoms with Crippen LogP contribution in [0.1, 0.15) is 33.3 Å². The van der Waals surface area contributed by atoms with Crippen molar-refractivity contribution in [3.8, 4) is 0 Å². The van der Waals surface area contributed by atoms with Gasteiger partial charge < -0.3 is 15.4 Å². The van der Waals surface area contributed by atoms with Gasteiger partial charge in [0.1, 0.15) is 11.6 Å². The molecule has 2 heterocycles. The Balaban J connectivity index is 1.33. The van der Waals surface area contributed by atoms with Crippen molar-refractivity contribution in [2.24, 2.45) is 0 Å². The first-order chi connectivity index (χ1) is 19.9. The summed E-state index contributed by atoms with van der Waals surface area (Å²) in [5.41, 5.74) is 2.74. The largest absolute Gasteiger partial charge is 0.438 e. The number of carbonyl (C=O) groups is 3. The average molecular weight is 557 g/mol. The maximum atomic E-state index is 13.5. The fourth-order valence-electron chi connectivity index (χ4n) is 4.52. The number of nitrogens with zero attached hydrogens (tertiary/aromatic N) is 2. The summed E-state index contributed by atoms with van der Waals surface area (Å²) in [7, 11) is 0. The number of nitrogens with one attached hydrogen (secondary N) is 2. The van der Waals surface area contributed by atoms with Gasteiger partial charge in [0, 0.05) is 36.1 Å². The quantitative estimate of drug-likeness (QED) is 0.301. The molecular weight excluding hydrogens is 530 g/mol. The number of benzene rings is 3. The van der Waals surface area contributed by atoms with Crippen molar-refractivity contribution in [3.05, 3.63) is 131 Å². The van der Waals surface area contributed by atoms with E-state index in [9.17, 15) is 23.2 Å². The molecule has 0 unspecified atom stereocenters. The van der Waals surface area contributed by atoms with Gasteiger partial charge in [-0.2, -0.15) is 0 Å². The van der Waals surface area contributed by atoms with Crippen molar-refractivity contribution in [2.45, 2.75) is 25.1 Å². The maximum Gasteiger partial charge on any atom is 0.411 e. The number of rotatable bonds is 9. The molecular formula is C31H26F2N4O4. The minimum absolute atomic E-state index is 0.0414. The van der Waals surface area contributed by atoms with Crippen LogP contribution in [-0.2, 0) is 22.5 Å². The Morgan fingerprint density at radius 1 is 0.878 bits per heavy atom. The van der Waals surface area contributed by atoms with Crippen LogP contribution in [0.25, 0.3) is 0 Å².